The maximum absolute atomic E-state index is 13.2. The van der Waals surface area contributed by atoms with Crippen LogP contribution < -0.4 is 11.1 Å². The lowest BCUT2D eigenvalue weighted by Gasteiger charge is -2.08. The molecule has 2 aromatic carbocycles. The molecule has 104 valence electrons. The van der Waals surface area contributed by atoms with Gasteiger partial charge in [-0.1, -0.05) is 36.4 Å². The Kier molecular flexibility index (Phi) is 4.71. The summed E-state index contributed by atoms with van der Waals surface area (Å²) in [5, 5.41) is 2.75. The van der Waals surface area contributed by atoms with Crippen LogP contribution >= 0.6 is 0 Å². The van der Waals surface area contributed by atoms with Crippen molar-refractivity contribution in [1.82, 2.24) is 5.32 Å². The molecule has 20 heavy (non-hydrogen) atoms. The van der Waals surface area contributed by atoms with E-state index in [4.69, 9.17) is 5.73 Å². The zero-order valence-corrected chi connectivity index (χ0v) is 11.1. The number of carbonyl (C=O) groups excluding carboxylic acids is 1. The molecule has 2 rings (SSSR count). The summed E-state index contributed by atoms with van der Waals surface area (Å²) in [6.45, 7) is 0.531. The van der Waals surface area contributed by atoms with Gasteiger partial charge in [0.05, 0.1) is 11.3 Å². The molecule has 0 bridgehead atoms. The van der Waals surface area contributed by atoms with Crippen LogP contribution in [0.5, 0.6) is 0 Å². The molecular formula is C16H17FN2O. The molecule has 0 saturated carbocycles. The van der Waals surface area contributed by atoms with Gasteiger partial charge in [0, 0.05) is 6.54 Å². The first kappa shape index (κ1) is 14.1. The number of anilines is 1. The SMILES string of the molecule is Nc1c(F)cccc1C(=O)NCCCc1ccccc1. The molecule has 1 amide bonds. The number of hydrogen-bond donors (Lipinski definition) is 2. The summed E-state index contributed by atoms with van der Waals surface area (Å²) >= 11 is 0. The Morgan fingerprint density at radius 3 is 2.60 bits per heavy atom. The number of nitrogens with one attached hydrogen (secondary N) is 1. The molecule has 0 unspecified atom stereocenters. The summed E-state index contributed by atoms with van der Waals surface area (Å²) in [4.78, 5) is 11.9. The highest BCUT2D eigenvalue weighted by molar-refractivity contribution is 5.99. The van der Waals surface area contributed by atoms with Crippen LogP contribution in [0.1, 0.15) is 22.3 Å². The monoisotopic (exact) mass is 272 g/mol. The minimum Gasteiger partial charge on any atom is -0.396 e. The van der Waals surface area contributed by atoms with Gasteiger partial charge in [0.1, 0.15) is 5.82 Å². The topological polar surface area (TPSA) is 55.1 Å². The molecule has 2 aromatic rings. The molecule has 0 fully saturated rings. The molecule has 0 aromatic heterocycles. The van der Waals surface area contributed by atoms with E-state index in [0.717, 1.165) is 12.8 Å². The number of rotatable bonds is 5. The summed E-state index contributed by atoms with van der Waals surface area (Å²) < 4.78 is 13.2. The number of amides is 1. The minimum atomic E-state index is -0.568. The number of para-hydroxylation sites is 1. The number of nitrogen functional groups attached to an aromatic ring is 1. The van der Waals surface area contributed by atoms with Crippen LogP contribution in [0.2, 0.25) is 0 Å². The normalized spacial score (nSPS) is 10.2. The summed E-state index contributed by atoms with van der Waals surface area (Å²) in [6.07, 6.45) is 1.71. The van der Waals surface area contributed by atoms with Crippen molar-refractivity contribution in [1.29, 1.82) is 0 Å². The van der Waals surface area contributed by atoms with E-state index in [-0.39, 0.29) is 17.2 Å². The first-order valence-corrected chi connectivity index (χ1v) is 6.54. The lowest BCUT2D eigenvalue weighted by molar-refractivity contribution is 0.0953. The Balaban J connectivity index is 1.82. The van der Waals surface area contributed by atoms with Gasteiger partial charge in [-0.3, -0.25) is 4.79 Å². The highest BCUT2D eigenvalue weighted by Gasteiger charge is 2.11. The van der Waals surface area contributed by atoms with Gasteiger partial charge < -0.3 is 11.1 Å². The lowest BCUT2D eigenvalue weighted by atomic mass is 10.1. The van der Waals surface area contributed by atoms with Gasteiger partial charge in [0.2, 0.25) is 0 Å². The molecule has 4 heteroatoms. The quantitative estimate of drug-likeness (QED) is 0.649. The fourth-order valence-electron chi connectivity index (χ4n) is 1.97. The van der Waals surface area contributed by atoms with E-state index in [2.05, 4.69) is 5.32 Å². The van der Waals surface area contributed by atoms with Crippen molar-refractivity contribution >= 4 is 11.6 Å². The second-order valence-electron chi connectivity index (χ2n) is 4.55. The highest BCUT2D eigenvalue weighted by atomic mass is 19.1. The standard InChI is InChI=1S/C16H17FN2O/c17-14-10-4-9-13(15(14)18)16(20)19-11-5-8-12-6-2-1-3-7-12/h1-4,6-7,9-10H,5,8,11,18H2,(H,19,20). The summed E-state index contributed by atoms with van der Waals surface area (Å²) in [6, 6.07) is 14.3. The highest BCUT2D eigenvalue weighted by Crippen LogP contribution is 2.15. The Morgan fingerprint density at radius 1 is 1.10 bits per heavy atom. The van der Waals surface area contributed by atoms with Crippen molar-refractivity contribution in [2.45, 2.75) is 12.8 Å². The number of halogens is 1. The van der Waals surface area contributed by atoms with Gasteiger partial charge in [0.25, 0.3) is 5.91 Å². The second kappa shape index (κ2) is 6.70. The number of carbonyl (C=O) groups is 1. The summed E-state index contributed by atoms with van der Waals surface area (Å²) in [5.74, 6) is -0.906. The third kappa shape index (κ3) is 3.57. The van der Waals surface area contributed by atoms with Crippen LogP contribution in [-0.4, -0.2) is 12.5 Å². The Morgan fingerprint density at radius 2 is 1.85 bits per heavy atom. The van der Waals surface area contributed by atoms with Crippen molar-refractivity contribution in [3.8, 4) is 0 Å². The molecule has 3 nitrogen and oxygen atoms in total. The van der Waals surface area contributed by atoms with Crippen LogP contribution in [-0.2, 0) is 6.42 Å². The molecule has 0 aliphatic carbocycles. The molecule has 0 aliphatic heterocycles. The van der Waals surface area contributed by atoms with Gasteiger partial charge in [-0.25, -0.2) is 4.39 Å². The van der Waals surface area contributed by atoms with Crippen LogP contribution in [0.4, 0.5) is 10.1 Å². The second-order valence-corrected chi connectivity index (χ2v) is 4.55. The zero-order chi connectivity index (χ0) is 14.4. The average Bonchev–Trinajstić information content (AvgIpc) is 2.47. The zero-order valence-electron chi connectivity index (χ0n) is 11.1. The van der Waals surface area contributed by atoms with Crippen LogP contribution in [0.15, 0.2) is 48.5 Å². The van der Waals surface area contributed by atoms with Gasteiger partial charge in [-0.05, 0) is 30.5 Å². The first-order valence-electron chi connectivity index (χ1n) is 6.54. The average molecular weight is 272 g/mol. The number of benzene rings is 2. The van der Waals surface area contributed by atoms with Gasteiger partial charge in [0.15, 0.2) is 0 Å². The van der Waals surface area contributed by atoms with Gasteiger partial charge in [-0.2, -0.15) is 0 Å². The number of aryl methyl sites for hydroxylation is 1. The largest absolute Gasteiger partial charge is 0.396 e. The third-order valence-corrected chi connectivity index (χ3v) is 3.07. The van der Waals surface area contributed by atoms with E-state index in [1.54, 1.807) is 0 Å². The van der Waals surface area contributed by atoms with Gasteiger partial charge in [-0.15, -0.1) is 0 Å². The van der Waals surface area contributed by atoms with Crippen LogP contribution in [0.3, 0.4) is 0 Å². The first-order chi connectivity index (χ1) is 9.68. The minimum absolute atomic E-state index is 0.104. The van der Waals surface area contributed by atoms with Crippen LogP contribution in [0.25, 0.3) is 0 Å². The molecule has 0 atom stereocenters. The molecule has 0 spiro atoms. The Labute approximate surface area is 117 Å². The van der Waals surface area contributed by atoms with Gasteiger partial charge >= 0.3 is 0 Å². The van der Waals surface area contributed by atoms with Crippen molar-refractivity contribution in [3.05, 3.63) is 65.5 Å². The van der Waals surface area contributed by atoms with Crippen molar-refractivity contribution in [2.75, 3.05) is 12.3 Å². The predicted molar refractivity (Wildman–Crippen MR) is 77.9 cm³/mol. The van der Waals surface area contributed by atoms with Crippen molar-refractivity contribution < 1.29 is 9.18 Å². The lowest BCUT2D eigenvalue weighted by Crippen LogP contribution is -2.25. The fraction of sp³-hybridized carbons (Fsp3) is 0.188. The van der Waals surface area contributed by atoms with E-state index in [1.807, 2.05) is 30.3 Å². The van der Waals surface area contributed by atoms with Crippen LogP contribution in [0, 0.1) is 5.82 Å². The number of nitrogens with two attached hydrogens (primary N) is 1. The fourth-order valence-corrected chi connectivity index (χ4v) is 1.97. The maximum Gasteiger partial charge on any atom is 0.253 e. The maximum atomic E-state index is 13.2. The van der Waals surface area contributed by atoms with E-state index in [9.17, 15) is 9.18 Å². The van der Waals surface area contributed by atoms with E-state index < -0.39 is 5.82 Å². The van der Waals surface area contributed by atoms with Crippen molar-refractivity contribution in [3.63, 3.8) is 0 Å². The third-order valence-electron chi connectivity index (χ3n) is 3.07. The van der Waals surface area contributed by atoms with Crippen molar-refractivity contribution in [2.24, 2.45) is 0 Å². The predicted octanol–water partition coefficient (Wildman–Crippen LogP) is 2.77. The molecule has 0 saturated heterocycles. The smallest absolute Gasteiger partial charge is 0.253 e. The summed E-state index contributed by atoms with van der Waals surface area (Å²) in [5.41, 5.74) is 6.85. The Bertz CT molecular complexity index is 584. The Hall–Kier alpha value is -2.36. The summed E-state index contributed by atoms with van der Waals surface area (Å²) in [7, 11) is 0. The molecule has 0 radical (unpaired) electrons. The van der Waals surface area contributed by atoms with E-state index >= 15 is 0 Å². The molecular weight excluding hydrogens is 255 g/mol. The van der Waals surface area contributed by atoms with E-state index in [0.29, 0.717) is 6.54 Å². The molecule has 0 heterocycles. The van der Waals surface area contributed by atoms with E-state index in [1.165, 1.54) is 23.8 Å². The molecule has 0 aliphatic rings. The number of hydrogen-bond acceptors (Lipinski definition) is 2. The molecule has 3 N–H and O–H groups in total.